The third-order valence-corrected chi connectivity index (χ3v) is 4.36. The second-order valence-corrected chi connectivity index (χ2v) is 5.24. The lowest BCUT2D eigenvalue weighted by Crippen LogP contribution is -2.36. The van der Waals surface area contributed by atoms with Gasteiger partial charge in [0.15, 0.2) is 0 Å². The van der Waals surface area contributed by atoms with E-state index in [0.29, 0.717) is 15.9 Å². The molecule has 6 heteroatoms. The van der Waals surface area contributed by atoms with Gasteiger partial charge in [-0.05, 0) is 47.4 Å². The maximum absolute atomic E-state index is 11.4. The first kappa shape index (κ1) is 14.4. The summed E-state index contributed by atoms with van der Waals surface area (Å²) in [6.07, 6.45) is 3.42. The summed E-state index contributed by atoms with van der Waals surface area (Å²) in [4.78, 5) is 18.1. The Kier molecular flexibility index (Phi) is 5.38. The SMILES string of the molecule is CCC(CC)(CN)CNc1nc[nH]c(=O)c1I. The number of halogens is 1. The highest BCUT2D eigenvalue weighted by Gasteiger charge is 2.24. The Bertz CT molecular complexity index is 406. The van der Waals surface area contributed by atoms with E-state index >= 15 is 0 Å². The molecule has 0 aromatic carbocycles. The number of rotatable bonds is 6. The van der Waals surface area contributed by atoms with E-state index in [-0.39, 0.29) is 11.0 Å². The fourth-order valence-corrected chi connectivity index (χ4v) is 2.12. The Morgan fingerprint density at radius 2 is 2.18 bits per heavy atom. The van der Waals surface area contributed by atoms with E-state index in [1.54, 1.807) is 0 Å². The number of hydrogen-bond donors (Lipinski definition) is 3. The number of aromatic nitrogens is 2. The van der Waals surface area contributed by atoms with Crippen LogP contribution in [0.5, 0.6) is 0 Å². The highest BCUT2D eigenvalue weighted by molar-refractivity contribution is 14.1. The maximum Gasteiger partial charge on any atom is 0.266 e. The zero-order valence-electron chi connectivity index (χ0n) is 10.2. The lowest BCUT2D eigenvalue weighted by atomic mass is 9.82. The van der Waals surface area contributed by atoms with Gasteiger partial charge in [0.05, 0.1) is 6.33 Å². The highest BCUT2D eigenvalue weighted by atomic mass is 127. The standard InChI is InChI=1S/C11H19IN4O/c1-3-11(4-2,5-13)6-14-9-8(12)10(17)16-7-15-9/h7H,3-6,13H2,1-2H3,(H2,14,15,16,17). The van der Waals surface area contributed by atoms with E-state index in [2.05, 4.69) is 29.1 Å². The molecule has 0 amide bonds. The molecule has 0 bridgehead atoms. The molecular weight excluding hydrogens is 331 g/mol. The number of hydrogen-bond acceptors (Lipinski definition) is 4. The molecule has 0 radical (unpaired) electrons. The van der Waals surface area contributed by atoms with Crippen molar-refractivity contribution in [2.75, 3.05) is 18.4 Å². The van der Waals surface area contributed by atoms with Gasteiger partial charge in [-0.25, -0.2) is 4.98 Å². The molecule has 0 spiro atoms. The van der Waals surface area contributed by atoms with Crippen LogP contribution in [0.1, 0.15) is 26.7 Å². The molecule has 0 aliphatic heterocycles. The second-order valence-electron chi connectivity index (χ2n) is 4.16. The van der Waals surface area contributed by atoms with Crippen molar-refractivity contribution >= 4 is 28.4 Å². The Morgan fingerprint density at radius 3 is 2.71 bits per heavy atom. The molecular formula is C11H19IN4O. The molecule has 96 valence electrons. The van der Waals surface area contributed by atoms with Gasteiger partial charge in [0, 0.05) is 6.54 Å². The fourth-order valence-electron chi connectivity index (χ4n) is 1.64. The van der Waals surface area contributed by atoms with Crippen LogP contribution in [0.2, 0.25) is 0 Å². The van der Waals surface area contributed by atoms with Crippen LogP contribution in [-0.4, -0.2) is 23.1 Å². The minimum Gasteiger partial charge on any atom is -0.368 e. The van der Waals surface area contributed by atoms with Crippen LogP contribution in [-0.2, 0) is 0 Å². The van der Waals surface area contributed by atoms with Crippen LogP contribution in [0.4, 0.5) is 5.82 Å². The second kappa shape index (κ2) is 6.34. The van der Waals surface area contributed by atoms with Crippen molar-refractivity contribution in [3.8, 4) is 0 Å². The first-order valence-corrected chi connectivity index (χ1v) is 6.83. The molecule has 0 saturated heterocycles. The maximum atomic E-state index is 11.4. The summed E-state index contributed by atoms with van der Waals surface area (Å²) < 4.78 is 0.586. The molecule has 1 aromatic rings. The van der Waals surface area contributed by atoms with Crippen LogP contribution in [0.25, 0.3) is 0 Å². The van der Waals surface area contributed by atoms with Gasteiger partial charge in [-0.3, -0.25) is 4.79 Å². The van der Waals surface area contributed by atoms with Crippen molar-refractivity contribution in [1.29, 1.82) is 0 Å². The molecule has 0 aliphatic carbocycles. The minimum absolute atomic E-state index is 0.0767. The summed E-state index contributed by atoms with van der Waals surface area (Å²) in [5.74, 6) is 0.633. The molecule has 17 heavy (non-hydrogen) atoms. The van der Waals surface area contributed by atoms with Gasteiger partial charge in [0.2, 0.25) is 0 Å². The summed E-state index contributed by atoms with van der Waals surface area (Å²) in [6, 6.07) is 0. The third kappa shape index (κ3) is 3.41. The van der Waals surface area contributed by atoms with Gasteiger partial charge in [0.25, 0.3) is 5.56 Å². The molecule has 4 N–H and O–H groups in total. The summed E-state index contributed by atoms with van der Waals surface area (Å²) in [5.41, 5.74) is 5.79. The van der Waals surface area contributed by atoms with Crippen molar-refractivity contribution < 1.29 is 0 Å². The van der Waals surface area contributed by atoms with Gasteiger partial charge >= 0.3 is 0 Å². The zero-order valence-corrected chi connectivity index (χ0v) is 12.4. The molecule has 5 nitrogen and oxygen atoms in total. The van der Waals surface area contributed by atoms with E-state index in [1.165, 1.54) is 6.33 Å². The lowest BCUT2D eigenvalue weighted by Gasteiger charge is -2.30. The van der Waals surface area contributed by atoms with E-state index in [9.17, 15) is 4.79 Å². The predicted octanol–water partition coefficient (Wildman–Crippen LogP) is 1.55. The molecule has 0 aliphatic rings. The highest BCUT2D eigenvalue weighted by Crippen LogP contribution is 2.25. The van der Waals surface area contributed by atoms with Crippen molar-refractivity contribution in [2.24, 2.45) is 11.1 Å². The first-order chi connectivity index (χ1) is 8.08. The fraction of sp³-hybridized carbons (Fsp3) is 0.636. The van der Waals surface area contributed by atoms with Crippen molar-refractivity contribution in [2.45, 2.75) is 26.7 Å². The zero-order chi connectivity index (χ0) is 12.9. The van der Waals surface area contributed by atoms with Crippen molar-refractivity contribution in [3.63, 3.8) is 0 Å². The molecule has 0 atom stereocenters. The largest absolute Gasteiger partial charge is 0.368 e. The van der Waals surface area contributed by atoms with Crippen molar-refractivity contribution in [1.82, 2.24) is 9.97 Å². The van der Waals surface area contributed by atoms with Crippen LogP contribution < -0.4 is 16.6 Å². The Morgan fingerprint density at radius 1 is 1.53 bits per heavy atom. The van der Waals surface area contributed by atoms with Crippen LogP contribution in [0, 0.1) is 8.99 Å². The van der Waals surface area contributed by atoms with Crippen LogP contribution in [0.3, 0.4) is 0 Å². The number of aromatic amines is 1. The molecule has 1 rings (SSSR count). The van der Waals surface area contributed by atoms with Gasteiger partial charge in [-0.2, -0.15) is 0 Å². The summed E-state index contributed by atoms with van der Waals surface area (Å²) in [5, 5.41) is 3.23. The first-order valence-electron chi connectivity index (χ1n) is 5.75. The number of H-pyrrole nitrogens is 1. The third-order valence-electron chi connectivity index (χ3n) is 3.36. The smallest absolute Gasteiger partial charge is 0.266 e. The normalized spacial score (nSPS) is 11.5. The monoisotopic (exact) mass is 350 g/mol. The van der Waals surface area contributed by atoms with E-state index in [0.717, 1.165) is 19.4 Å². The van der Waals surface area contributed by atoms with Gasteiger partial charge in [-0.15, -0.1) is 0 Å². The summed E-state index contributed by atoms with van der Waals surface area (Å²) in [6.45, 7) is 5.64. The molecule has 1 aromatic heterocycles. The van der Waals surface area contributed by atoms with E-state index in [1.807, 2.05) is 22.6 Å². The number of nitrogens with zero attached hydrogens (tertiary/aromatic N) is 1. The van der Waals surface area contributed by atoms with Crippen LogP contribution >= 0.6 is 22.6 Å². The number of nitrogens with one attached hydrogen (secondary N) is 2. The van der Waals surface area contributed by atoms with Crippen molar-refractivity contribution in [3.05, 3.63) is 20.3 Å². The topological polar surface area (TPSA) is 83.8 Å². The summed E-state index contributed by atoms with van der Waals surface area (Å²) in [7, 11) is 0. The van der Waals surface area contributed by atoms with E-state index < -0.39 is 0 Å². The molecule has 1 heterocycles. The Balaban J connectivity index is 2.79. The average molecular weight is 350 g/mol. The van der Waals surface area contributed by atoms with Gasteiger partial charge < -0.3 is 16.0 Å². The van der Waals surface area contributed by atoms with E-state index in [4.69, 9.17) is 5.73 Å². The molecule has 0 fully saturated rings. The summed E-state index contributed by atoms with van der Waals surface area (Å²) >= 11 is 1.99. The quantitative estimate of drug-likeness (QED) is 0.680. The molecule has 0 unspecified atom stereocenters. The number of nitrogens with two attached hydrogens (primary N) is 1. The lowest BCUT2D eigenvalue weighted by molar-refractivity contribution is 0.294. The predicted molar refractivity (Wildman–Crippen MR) is 78.1 cm³/mol. The Hall–Kier alpha value is -0.630. The van der Waals surface area contributed by atoms with Gasteiger partial charge in [0.1, 0.15) is 9.39 Å². The number of anilines is 1. The minimum atomic E-state index is -0.116. The molecule has 0 saturated carbocycles. The average Bonchev–Trinajstić information content (AvgIpc) is 2.36. The van der Waals surface area contributed by atoms with Gasteiger partial charge in [-0.1, -0.05) is 13.8 Å². The Labute approximate surface area is 115 Å². The van der Waals surface area contributed by atoms with Crippen LogP contribution in [0.15, 0.2) is 11.1 Å².